The summed E-state index contributed by atoms with van der Waals surface area (Å²) in [7, 11) is -0.00727. The molecule has 6 nitrogen and oxygen atoms in total. The zero-order valence-corrected chi connectivity index (χ0v) is 17.8. The zero-order valence-electron chi connectivity index (χ0n) is 17.0. The molecule has 2 aromatic rings. The van der Waals surface area contributed by atoms with Crippen LogP contribution in [0.4, 0.5) is 5.69 Å². The van der Waals surface area contributed by atoms with Crippen molar-refractivity contribution in [1.82, 2.24) is 0 Å². The average molecular weight is 418 g/mol. The molecule has 0 spiro atoms. The quantitative estimate of drug-likeness (QED) is 0.788. The number of benzene rings is 2. The highest BCUT2D eigenvalue weighted by Gasteiger charge is 2.41. The molecule has 0 bridgehead atoms. The van der Waals surface area contributed by atoms with Crippen LogP contribution in [0.5, 0.6) is 11.5 Å². The molecule has 1 fully saturated rings. The van der Waals surface area contributed by atoms with Crippen molar-refractivity contribution in [2.75, 3.05) is 25.2 Å². The van der Waals surface area contributed by atoms with Gasteiger partial charge in [0.15, 0.2) is 0 Å². The van der Waals surface area contributed by atoms with Crippen LogP contribution in [0.2, 0.25) is 0 Å². The Morgan fingerprint density at radius 2 is 1.69 bits per heavy atom. The lowest BCUT2D eigenvalue weighted by atomic mass is 9.75. The van der Waals surface area contributed by atoms with E-state index >= 15 is 0 Å². The maximum atomic E-state index is 11.7. The topological polar surface area (TPSA) is 73.9 Å². The van der Waals surface area contributed by atoms with Crippen molar-refractivity contribution in [1.29, 1.82) is 0 Å². The molecule has 1 saturated carbocycles. The van der Waals surface area contributed by atoms with Crippen molar-refractivity contribution in [2.24, 2.45) is 0 Å². The highest BCUT2D eigenvalue weighted by Crippen LogP contribution is 2.52. The second-order valence-corrected chi connectivity index (χ2v) is 9.49. The Balaban J connectivity index is 1.86. The SMILES string of the molecule is COc1ccc(OC)c2c1[C@@H](c1cccc(NS(C)(=O)=O)c1)O[C@@H]1CCCC[C@@H]21. The Hall–Kier alpha value is -2.25. The number of anilines is 1. The Labute approximate surface area is 172 Å². The maximum absolute atomic E-state index is 11.7. The predicted molar refractivity (Wildman–Crippen MR) is 112 cm³/mol. The van der Waals surface area contributed by atoms with Gasteiger partial charge >= 0.3 is 0 Å². The van der Waals surface area contributed by atoms with Crippen molar-refractivity contribution in [3.05, 3.63) is 53.1 Å². The lowest BCUT2D eigenvalue weighted by Crippen LogP contribution is -2.34. The van der Waals surface area contributed by atoms with E-state index in [0.29, 0.717) is 5.69 Å². The van der Waals surface area contributed by atoms with Crippen LogP contribution in [0, 0.1) is 0 Å². The van der Waals surface area contributed by atoms with Gasteiger partial charge in [0.25, 0.3) is 0 Å². The molecule has 1 heterocycles. The van der Waals surface area contributed by atoms with Crippen molar-refractivity contribution < 1.29 is 22.6 Å². The number of rotatable bonds is 5. The van der Waals surface area contributed by atoms with Crippen LogP contribution < -0.4 is 14.2 Å². The zero-order chi connectivity index (χ0) is 20.6. The fourth-order valence-corrected chi connectivity index (χ4v) is 5.22. The number of hydrogen-bond donors (Lipinski definition) is 1. The third-order valence-electron chi connectivity index (χ3n) is 5.79. The van der Waals surface area contributed by atoms with Crippen LogP contribution in [0.15, 0.2) is 36.4 Å². The third-order valence-corrected chi connectivity index (χ3v) is 6.39. The molecule has 0 radical (unpaired) electrons. The van der Waals surface area contributed by atoms with E-state index in [2.05, 4.69) is 4.72 Å². The van der Waals surface area contributed by atoms with Gasteiger partial charge in [-0.15, -0.1) is 0 Å². The second-order valence-electron chi connectivity index (χ2n) is 7.74. The summed E-state index contributed by atoms with van der Waals surface area (Å²) in [5, 5.41) is 0. The van der Waals surface area contributed by atoms with Gasteiger partial charge in [-0.1, -0.05) is 25.0 Å². The summed E-state index contributed by atoms with van der Waals surface area (Å²) in [6, 6.07) is 11.2. The molecule has 156 valence electrons. The van der Waals surface area contributed by atoms with Gasteiger partial charge in [-0.3, -0.25) is 4.72 Å². The van der Waals surface area contributed by atoms with Gasteiger partial charge < -0.3 is 14.2 Å². The van der Waals surface area contributed by atoms with Crippen LogP contribution in [0.1, 0.15) is 54.4 Å². The minimum Gasteiger partial charge on any atom is -0.496 e. The van der Waals surface area contributed by atoms with Gasteiger partial charge in [0, 0.05) is 22.7 Å². The Bertz CT molecular complexity index is 1000. The third kappa shape index (κ3) is 3.94. The smallest absolute Gasteiger partial charge is 0.229 e. The minimum absolute atomic E-state index is 0.105. The molecule has 1 N–H and O–H groups in total. The number of sulfonamides is 1. The summed E-state index contributed by atoms with van der Waals surface area (Å²) in [6.45, 7) is 0. The molecule has 1 aliphatic heterocycles. The van der Waals surface area contributed by atoms with Gasteiger partial charge in [0.05, 0.1) is 26.6 Å². The standard InChI is InChI=1S/C22H27NO5S/c1-26-18-11-12-19(27-2)21-20(18)16-9-4-5-10-17(16)28-22(21)14-7-6-8-15(13-14)23-29(3,24)25/h6-8,11-13,16-17,22-23H,4-5,9-10H2,1-3H3/t16-,17-,22-/m1/s1. The molecule has 0 aromatic heterocycles. The molecule has 0 saturated heterocycles. The molecule has 1 aliphatic carbocycles. The number of methoxy groups -OCH3 is 2. The van der Waals surface area contributed by atoms with Crippen molar-refractivity contribution in [2.45, 2.75) is 43.8 Å². The monoisotopic (exact) mass is 417 g/mol. The molecule has 0 amide bonds. The largest absolute Gasteiger partial charge is 0.496 e. The fourth-order valence-electron chi connectivity index (χ4n) is 4.66. The van der Waals surface area contributed by atoms with Crippen LogP contribution in [-0.4, -0.2) is 35.0 Å². The minimum atomic E-state index is -3.36. The summed E-state index contributed by atoms with van der Waals surface area (Å²) in [6.07, 6.45) is 5.27. The van der Waals surface area contributed by atoms with Crippen molar-refractivity contribution in [3.8, 4) is 11.5 Å². The van der Waals surface area contributed by atoms with E-state index in [-0.39, 0.29) is 18.1 Å². The van der Waals surface area contributed by atoms with Gasteiger partial charge in [0.1, 0.15) is 17.6 Å². The number of ether oxygens (including phenoxy) is 3. The number of fused-ring (bicyclic) bond motifs is 3. The summed E-state index contributed by atoms with van der Waals surface area (Å²) in [5.41, 5.74) is 3.54. The molecule has 7 heteroatoms. The molecule has 3 atom stereocenters. The van der Waals surface area contributed by atoms with E-state index in [4.69, 9.17) is 14.2 Å². The molecular formula is C22H27NO5S. The molecule has 2 aliphatic rings. The van der Waals surface area contributed by atoms with Crippen LogP contribution in [0.3, 0.4) is 0 Å². The molecule has 4 rings (SSSR count). The Kier molecular flexibility index (Phi) is 5.44. The summed E-state index contributed by atoms with van der Waals surface area (Å²) in [5.74, 6) is 1.89. The summed E-state index contributed by atoms with van der Waals surface area (Å²) >= 11 is 0. The molecule has 0 unspecified atom stereocenters. The predicted octanol–water partition coefficient (Wildman–Crippen LogP) is 4.22. The first-order valence-electron chi connectivity index (χ1n) is 9.89. The fraction of sp³-hybridized carbons (Fsp3) is 0.455. The van der Waals surface area contributed by atoms with E-state index < -0.39 is 10.0 Å². The van der Waals surface area contributed by atoms with Crippen molar-refractivity contribution >= 4 is 15.7 Å². The van der Waals surface area contributed by atoms with E-state index in [1.165, 1.54) is 6.42 Å². The molecule has 29 heavy (non-hydrogen) atoms. The first kappa shape index (κ1) is 20.0. The van der Waals surface area contributed by atoms with Gasteiger partial charge in [0.2, 0.25) is 10.0 Å². The molecule has 2 aromatic carbocycles. The van der Waals surface area contributed by atoms with Crippen LogP contribution in [0.25, 0.3) is 0 Å². The maximum Gasteiger partial charge on any atom is 0.229 e. The van der Waals surface area contributed by atoms with Crippen LogP contribution in [-0.2, 0) is 14.8 Å². The molecular weight excluding hydrogens is 390 g/mol. The average Bonchev–Trinajstić information content (AvgIpc) is 2.71. The van der Waals surface area contributed by atoms with Crippen LogP contribution >= 0.6 is 0 Å². The highest BCUT2D eigenvalue weighted by atomic mass is 32.2. The summed E-state index contributed by atoms with van der Waals surface area (Å²) in [4.78, 5) is 0. The highest BCUT2D eigenvalue weighted by molar-refractivity contribution is 7.92. The number of hydrogen-bond acceptors (Lipinski definition) is 5. The second kappa shape index (κ2) is 7.88. The van der Waals surface area contributed by atoms with Crippen molar-refractivity contribution in [3.63, 3.8) is 0 Å². The van der Waals surface area contributed by atoms with E-state index in [1.54, 1.807) is 20.3 Å². The summed E-state index contributed by atoms with van der Waals surface area (Å²) < 4.78 is 44.0. The lowest BCUT2D eigenvalue weighted by molar-refractivity contribution is -0.0406. The van der Waals surface area contributed by atoms with Gasteiger partial charge in [-0.05, 0) is 42.7 Å². The van der Waals surface area contributed by atoms with Gasteiger partial charge in [-0.2, -0.15) is 0 Å². The van der Waals surface area contributed by atoms with E-state index in [9.17, 15) is 8.42 Å². The normalized spacial score (nSPS) is 23.6. The van der Waals surface area contributed by atoms with Gasteiger partial charge in [-0.25, -0.2) is 8.42 Å². The first-order valence-corrected chi connectivity index (χ1v) is 11.8. The number of nitrogens with one attached hydrogen (secondary N) is 1. The van der Waals surface area contributed by atoms with E-state index in [0.717, 1.165) is 53.7 Å². The Morgan fingerprint density at radius 3 is 2.38 bits per heavy atom. The van der Waals surface area contributed by atoms with E-state index in [1.807, 2.05) is 30.3 Å². The lowest BCUT2D eigenvalue weighted by Gasteiger charge is -2.42. The first-order chi connectivity index (χ1) is 13.9. The Morgan fingerprint density at radius 1 is 1.00 bits per heavy atom.